The first-order chi connectivity index (χ1) is 19.0. The van der Waals surface area contributed by atoms with Crippen LogP contribution in [-0.2, 0) is 45.8 Å². The van der Waals surface area contributed by atoms with Crippen molar-refractivity contribution in [2.45, 2.75) is 31.2 Å². The zero-order valence-corrected chi connectivity index (χ0v) is 21.6. The second kappa shape index (κ2) is 10.9. The Morgan fingerprint density at radius 1 is 1.00 bits per heavy atom. The smallest absolute Gasteiger partial charge is 0.416 e. The maximum atomic E-state index is 13.6. The summed E-state index contributed by atoms with van der Waals surface area (Å²) in [4.78, 5) is 14.2. The fraction of sp³-hybridized carbons (Fsp3) is 0.250. The van der Waals surface area contributed by atoms with Gasteiger partial charge in [0.15, 0.2) is 9.84 Å². The first-order valence-electron chi connectivity index (χ1n) is 11.4. The lowest BCUT2D eigenvalue weighted by Gasteiger charge is -2.23. The van der Waals surface area contributed by atoms with Gasteiger partial charge in [0, 0.05) is 18.1 Å². The van der Waals surface area contributed by atoms with Gasteiger partial charge < -0.3 is 9.32 Å². The van der Waals surface area contributed by atoms with Gasteiger partial charge in [-0.05, 0) is 42.0 Å². The first-order valence-corrected chi connectivity index (χ1v) is 13.4. The number of nitrogens with zero attached hydrogens (tertiary/aromatic N) is 5. The van der Waals surface area contributed by atoms with E-state index in [4.69, 9.17) is 4.42 Å². The molecule has 0 saturated heterocycles. The quantitative estimate of drug-likeness (QED) is 0.263. The number of alkyl halides is 6. The van der Waals surface area contributed by atoms with Gasteiger partial charge in [-0.2, -0.15) is 31.4 Å². The van der Waals surface area contributed by atoms with Crippen LogP contribution in [-0.4, -0.2) is 40.6 Å². The van der Waals surface area contributed by atoms with Crippen molar-refractivity contribution in [3.8, 4) is 11.5 Å². The van der Waals surface area contributed by atoms with Gasteiger partial charge in [0.25, 0.3) is 5.89 Å². The fourth-order valence-electron chi connectivity index (χ4n) is 3.73. The number of sulfone groups is 1. The van der Waals surface area contributed by atoms with Crippen LogP contribution in [0.25, 0.3) is 11.5 Å². The normalized spacial score (nSPS) is 12.5. The Morgan fingerprint density at radius 3 is 2.29 bits per heavy atom. The van der Waals surface area contributed by atoms with E-state index >= 15 is 0 Å². The van der Waals surface area contributed by atoms with Crippen molar-refractivity contribution in [1.29, 1.82) is 0 Å². The Bertz CT molecular complexity index is 1660. The average molecular weight is 605 g/mol. The molecule has 0 aliphatic carbocycles. The third-order valence-corrected chi connectivity index (χ3v) is 6.26. The van der Waals surface area contributed by atoms with Gasteiger partial charge in [0.1, 0.15) is 18.2 Å². The molecule has 0 radical (unpaired) electrons. The van der Waals surface area contributed by atoms with Gasteiger partial charge in [-0.25, -0.2) is 12.8 Å². The highest BCUT2D eigenvalue weighted by Crippen LogP contribution is 2.38. The van der Waals surface area contributed by atoms with Crippen molar-refractivity contribution in [2.75, 3.05) is 11.2 Å². The summed E-state index contributed by atoms with van der Waals surface area (Å²) in [7, 11) is -3.41. The molecule has 0 fully saturated rings. The van der Waals surface area contributed by atoms with Crippen LogP contribution in [0, 0.1) is 5.82 Å². The summed E-state index contributed by atoms with van der Waals surface area (Å²) in [6.45, 7) is -0.503. The number of hydrogen-bond donors (Lipinski definition) is 0. The van der Waals surface area contributed by atoms with E-state index < -0.39 is 69.4 Å². The highest BCUT2D eigenvalue weighted by atomic mass is 32.2. The standard InChI is InChI=1S/C24H18F7N5O4S/c1-41(38,39)13-35-11-15(10-32-35)22-34-33-20(40-22)12-36(18-6-4-17(25)5-7-18)21(37)8-14-2-3-16(23(26,27)28)9-19(14)24(29,30)31/h2-7,9-11H,8,12-13H2,1H3. The molecule has 41 heavy (non-hydrogen) atoms. The number of carbonyl (C=O) groups is 1. The van der Waals surface area contributed by atoms with E-state index in [0.717, 1.165) is 40.1 Å². The van der Waals surface area contributed by atoms with Crippen molar-refractivity contribution < 1.29 is 48.4 Å². The summed E-state index contributed by atoms with van der Waals surface area (Å²) >= 11 is 0. The third-order valence-electron chi connectivity index (χ3n) is 5.53. The number of aromatic nitrogens is 4. The van der Waals surface area contributed by atoms with Crippen LogP contribution in [0.4, 0.5) is 36.4 Å². The molecule has 0 saturated carbocycles. The number of carbonyl (C=O) groups excluding carboxylic acids is 1. The zero-order chi connectivity index (χ0) is 30.2. The molecule has 0 aliphatic heterocycles. The molecule has 2 aromatic carbocycles. The molecule has 0 atom stereocenters. The number of benzene rings is 2. The van der Waals surface area contributed by atoms with Crippen LogP contribution >= 0.6 is 0 Å². The lowest BCUT2D eigenvalue weighted by molar-refractivity contribution is -0.143. The maximum absolute atomic E-state index is 13.6. The predicted molar refractivity (Wildman–Crippen MR) is 128 cm³/mol. The van der Waals surface area contributed by atoms with Gasteiger partial charge in [-0.1, -0.05) is 6.07 Å². The molecule has 9 nitrogen and oxygen atoms in total. The lowest BCUT2D eigenvalue weighted by atomic mass is 10.00. The Morgan fingerprint density at radius 2 is 1.68 bits per heavy atom. The Hall–Kier alpha value is -4.28. The second-order valence-electron chi connectivity index (χ2n) is 8.82. The summed E-state index contributed by atoms with van der Waals surface area (Å²) in [6, 6.07) is 5.25. The first kappa shape index (κ1) is 29.7. The maximum Gasteiger partial charge on any atom is 0.416 e. The average Bonchev–Trinajstić information content (AvgIpc) is 3.50. The number of amides is 1. The van der Waals surface area contributed by atoms with E-state index in [-0.39, 0.29) is 29.1 Å². The highest BCUT2D eigenvalue weighted by molar-refractivity contribution is 7.89. The fourth-order valence-corrected chi connectivity index (χ4v) is 4.35. The number of rotatable bonds is 8. The largest absolute Gasteiger partial charge is 0.419 e. The topological polar surface area (TPSA) is 111 Å². The van der Waals surface area contributed by atoms with Crippen LogP contribution in [0.3, 0.4) is 0 Å². The Balaban J connectivity index is 1.63. The number of hydrogen-bond acceptors (Lipinski definition) is 7. The predicted octanol–water partition coefficient (Wildman–Crippen LogP) is 4.89. The van der Waals surface area contributed by atoms with Gasteiger partial charge in [0.2, 0.25) is 11.8 Å². The molecule has 0 aliphatic rings. The molecular formula is C24H18F7N5O4S. The minimum Gasteiger partial charge on any atom is -0.419 e. The van der Waals surface area contributed by atoms with E-state index in [2.05, 4.69) is 15.3 Å². The SMILES string of the molecule is CS(=O)(=O)Cn1cc(-c2nnc(CN(C(=O)Cc3ccc(C(F)(F)F)cc3C(F)(F)F)c3ccc(F)cc3)o2)cn1. The van der Waals surface area contributed by atoms with Crippen LogP contribution < -0.4 is 4.90 Å². The molecule has 0 spiro atoms. The van der Waals surface area contributed by atoms with Crippen molar-refractivity contribution in [3.05, 3.63) is 83.3 Å². The zero-order valence-electron chi connectivity index (χ0n) is 20.7. The second-order valence-corrected chi connectivity index (χ2v) is 10.9. The minimum atomic E-state index is -5.19. The van der Waals surface area contributed by atoms with Gasteiger partial charge in [0.05, 0.1) is 29.3 Å². The molecule has 4 aromatic rings. The lowest BCUT2D eigenvalue weighted by Crippen LogP contribution is -2.32. The van der Waals surface area contributed by atoms with E-state index in [0.29, 0.717) is 12.1 Å². The molecule has 17 heteroatoms. The molecule has 2 aromatic heterocycles. The van der Waals surface area contributed by atoms with E-state index in [9.17, 15) is 43.9 Å². The van der Waals surface area contributed by atoms with Gasteiger partial charge in [-0.15, -0.1) is 10.2 Å². The van der Waals surface area contributed by atoms with Crippen LogP contribution in [0.2, 0.25) is 0 Å². The summed E-state index contributed by atoms with van der Waals surface area (Å²) in [6.07, 6.45) is -7.65. The van der Waals surface area contributed by atoms with Crippen LogP contribution in [0.5, 0.6) is 0 Å². The summed E-state index contributed by atoms with van der Waals surface area (Å²) < 4.78 is 123. The summed E-state index contributed by atoms with van der Waals surface area (Å²) in [5, 5.41) is 11.5. The van der Waals surface area contributed by atoms with Crippen molar-refractivity contribution in [2.24, 2.45) is 0 Å². The Labute approximate surface area is 227 Å². The van der Waals surface area contributed by atoms with Gasteiger partial charge >= 0.3 is 12.4 Å². The van der Waals surface area contributed by atoms with E-state index in [1.165, 1.54) is 12.4 Å². The molecule has 0 bridgehead atoms. The monoisotopic (exact) mass is 605 g/mol. The number of anilines is 1. The molecule has 4 rings (SSSR count). The molecule has 0 unspecified atom stereocenters. The molecule has 218 valence electrons. The molecular weight excluding hydrogens is 587 g/mol. The number of halogens is 7. The molecule has 0 N–H and O–H groups in total. The third kappa shape index (κ3) is 7.47. The van der Waals surface area contributed by atoms with E-state index in [1.807, 2.05) is 0 Å². The van der Waals surface area contributed by atoms with Crippen molar-refractivity contribution in [3.63, 3.8) is 0 Å². The summed E-state index contributed by atoms with van der Waals surface area (Å²) in [5.41, 5.74) is -3.63. The van der Waals surface area contributed by atoms with Crippen LogP contribution in [0.15, 0.2) is 59.3 Å². The van der Waals surface area contributed by atoms with Crippen LogP contribution in [0.1, 0.15) is 22.6 Å². The molecule has 2 heterocycles. The Kier molecular flexibility index (Phi) is 7.93. The highest BCUT2D eigenvalue weighted by Gasteiger charge is 2.38. The van der Waals surface area contributed by atoms with Gasteiger partial charge in [-0.3, -0.25) is 9.48 Å². The molecule has 1 amide bonds. The van der Waals surface area contributed by atoms with E-state index in [1.54, 1.807) is 0 Å². The van der Waals surface area contributed by atoms with Crippen molar-refractivity contribution in [1.82, 2.24) is 20.0 Å². The minimum absolute atomic E-state index is 0.0255. The summed E-state index contributed by atoms with van der Waals surface area (Å²) in [5.74, 6) is -2.42. The van der Waals surface area contributed by atoms with Crippen molar-refractivity contribution >= 4 is 21.4 Å².